The van der Waals surface area contributed by atoms with Crippen LogP contribution in [0.1, 0.15) is 36.0 Å². The zero-order valence-corrected chi connectivity index (χ0v) is 14.8. The number of carbonyl (C=O) groups excluding carboxylic acids is 1. The fourth-order valence-electron chi connectivity index (χ4n) is 2.78. The lowest BCUT2D eigenvalue weighted by atomic mass is 10.2. The molecule has 1 aliphatic heterocycles. The van der Waals surface area contributed by atoms with Gasteiger partial charge in [0, 0.05) is 18.2 Å². The Morgan fingerprint density at radius 1 is 1.35 bits per heavy atom. The van der Waals surface area contributed by atoms with Crippen molar-refractivity contribution in [3.63, 3.8) is 0 Å². The Balaban J connectivity index is 1.52. The third-order valence-electron chi connectivity index (χ3n) is 4.08. The maximum Gasteiger partial charge on any atom is 0.276 e. The number of pyridine rings is 1. The van der Waals surface area contributed by atoms with Crippen molar-refractivity contribution in [1.29, 1.82) is 0 Å². The summed E-state index contributed by atoms with van der Waals surface area (Å²) in [4.78, 5) is 20.9. The first-order valence-electron chi connectivity index (χ1n) is 8.34. The van der Waals surface area contributed by atoms with Crippen molar-refractivity contribution >= 4 is 28.7 Å². The third kappa shape index (κ3) is 3.44. The Hall–Kier alpha value is -2.78. The smallest absolute Gasteiger partial charge is 0.276 e. The molecular weight excluding hydrogens is 352 g/mol. The lowest BCUT2D eigenvalue weighted by Gasteiger charge is -2.24. The normalized spacial score (nSPS) is 17.2. The van der Waals surface area contributed by atoms with Crippen molar-refractivity contribution < 1.29 is 9.53 Å². The van der Waals surface area contributed by atoms with Crippen LogP contribution in [0.15, 0.2) is 36.0 Å². The summed E-state index contributed by atoms with van der Waals surface area (Å²) in [5, 5.41) is 9.55. The second-order valence-electron chi connectivity index (χ2n) is 5.95. The number of hydrogen-bond acceptors (Lipinski definition) is 7. The van der Waals surface area contributed by atoms with Crippen LogP contribution in [0.2, 0.25) is 0 Å². The fourth-order valence-corrected chi connectivity index (χ4v) is 3.60. The Morgan fingerprint density at radius 3 is 3.04 bits per heavy atom. The molecule has 8 nitrogen and oxygen atoms in total. The maximum atomic E-state index is 12.4. The molecule has 0 aliphatic carbocycles. The maximum absolute atomic E-state index is 12.4. The number of hydrogen-bond donors (Lipinski definition) is 2. The van der Waals surface area contributed by atoms with Gasteiger partial charge in [0.25, 0.3) is 5.91 Å². The zero-order valence-electron chi connectivity index (χ0n) is 14.0. The standard InChI is InChI=1S/C17H18N6O2S/c18-11-4-5-14(19-9-11)22-16(24)12-10-26-17(21-12)13-6-7-20-23(13)15-3-1-2-8-25-15/h4-7,9-10,15H,1-3,8,18H2,(H,19,22,24). The Morgan fingerprint density at radius 2 is 2.27 bits per heavy atom. The number of nitrogens with two attached hydrogens (primary N) is 1. The van der Waals surface area contributed by atoms with E-state index in [-0.39, 0.29) is 12.1 Å². The van der Waals surface area contributed by atoms with Crippen molar-refractivity contribution in [2.45, 2.75) is 25.5 Å². The van der Waals surface area contributed by atoms with Gasteiger partial charge in [-0.25, -0.2) is 14.6 Å². The van der Waals surface area contributed by atoms with Gasteiger partial charge in [-0.3, -0.25) is 4.79 Å². The van der Waals surface area contributed by atoms with Crippen molar-refractivity contribution in [2.24, 2.45) is 0 Å². The molecule has 0 saturated carbocycles. The number of amides is 1. The highest BCUT2D eigenvalue weighted by atomic mass is 32.1. The average molecular weight is 370 g/mol. The molecule has 0 aromatic carbocycles. The lowest BCUT2D eigenvalue weighted by Crippen LogP contribution is -2.19. The summed E-state index contributed by atoms with van der Waals surface area (Å²) in [6.07, 6.45) is 6.26. The molecule has 3 N–H and O–H groups in total. The fraction of sp³-hybridized carbons (Fsp3) is 0.294. The minimum Gasteiger partial charge on any atom is -0.397 e. The first-order chi connectivity index (χ1) is 12.7. The minimum atomic E-state index is -0.315. The molecule has 1 atom stereocenters. The molecule has 1 saturated heterocycles. The summed E-state index contributed by atoms with van der Waals surface area (Å²) in [7, 11) is 0. The van der Waals surface area contributed by atoms with Crippen molar-refractivity contribution in [3.8, 4) is 10.7 Å². The molecule has 26 heavy (non-hydrogen) atoms. The van der Waals surface area contributed by atoms with E-state index in [2.05, 4.69) is 20.4 Å². The number of nitrogens with one attached hydrogen (secondary N) is 1. The predicted octanol–water partition coefficient (Wildman–Crippen LogP) is 2.94. The van der Waals surface area contributed by atoms with Gasteiger partial charge in [0.2, 0.25) is 0 Å². The molecule has 0 spiro atoms. The average Bonchev–Trinajstić information content (AvgIpc) is 3.33. The lowest BCUT2D eigenvalue weighted by molar-refractivity contribution is -0.0383. The van der Waals surface area contributed by atoms with Gasteiger partial charge in [0.15, 0.2) is 6.23 Å². The van der Waals surface area contributed by atoms with E-state index in [9.17, 15) is 4.79 Å². The predicted molar refractivity (Wildman–Crippen MR) is 98.8 cm³/mol. The van der Waals surface area contributed by atoms with E-state index in [1.54, 1.807) is 23.7 Å². The van der Waals surface area contributed by atoms with Gasteiger partial charge >= 0.3 is 0 Å². The van der Waals surface area contributed by atoms with Gasteiger partial charge in [0.05, 0.1) is 17.6 Å². The highest BCUT2D eigenvalue weighted by Crippen LogP contribution is 2.30. The van der Waals surface area contributed by atoms with Crippen molar-refractivity contribution in [3.05, 3.63) is 41.7 Å². The number of ether oxygens (including phenoxy) is 1. The molecule has 134 valence electrons. The summed E-state index contributed by atoms with van der Waals surface area (Å²) in [5.41, 5.74) is 7.32. The van der Waals surface area contributed by atoms with Crippen LogP contribution in [0, 0.1) is 0 Å². The molecule has 9 heteroatoms. The first-order valence-corrected chi connectivity index (χ1v) is 9.22. The molecule has 4 rings (SSSR count). The first kappa shape index (κ1) is 16.7. The van der Waals surface area contributed by atoms with Crippen LogP contribution in [0.5, 0.6) is 0 Å². The van der Waals surface area contributed by atoms with Crippen LogP contribution in [-0.4, -0.2) is 32.3 Å². The van der Waals surface area contributed by atoms with Gasteiger partial charge in [-0.1, -0.05) is 0 Å². The van der Waals surface area contributed by atoms with Gasteiger partial charge < -0.3 is 15.8 Å². The van der Waals surface area contributed by atoms with E-state index in [1.807, 2.05) is 10.7 Å². The molecule has 1 unspecified atom stereocenters. The number of aromatic nitrogens is 4. The summed E-state index contributed by atoms with van der Waals surface area (Å²) >= 11 is 1.40. The van der Waals surface area contributed by atoms with Crippen LogP contribution < -0.4 is 11.1 Å². The number of rotatable bonds is 4. The molecule has 0 radical (unpaired) electrons. The molecule has 0 bridgehead atoms. The molecule has 3 aromatic heterocycles. The Kier molecular flexibility index (Phi) is 4.63. The van der Waals surface area contributed by atoms with E-state index in [1.165, 1.54) is 17.5 Å². The Bertz CT molecular complexity index is 898. The highest BCUT2D eigenvalue weighted by molar-refractivity contribution is 7.13. The molecule has 1 aliphatic rings. The summed E-state index contributed by atoms with van der Waals surface area (Å²) in [5.74, 6) is 0.115. The van der Waals surface area contributed by atoms with Crippen LogP contribution in [-0.2, 0) is 4.74 Å². The largest absolute Gasteiger partial charge is 0.397 e. The van der Waals surface area contributed by atoms with Gasteiger partial charge in [-0.15, -0.1) is 11.3 Å². The zero-order chi connectivity index (χ0) is 17.9. The number of nitrogens with zero attached hydrogens (tertiary/aromatic N) is 4. The molecule has 1 fully saturated rings. The van der Waals surface area contributed by atoms with Crippen LogP contribution in [0.4, 0.5) is 11.5 Å². The SMILES string of the molecule is Nc1ccc(NC(=O)c2csc(-c3ccnn3C3CCCCO3)n2)nc1. The second-order valence-corrected chi connectivity index (χ2v) is 6.81. The monoisotopic (exact) mass is 370 g/mol. The quantitative estimate of drug-likeness (QED) is 0.731. The Labute approximate surface area is 154 Å². The topological polar surface area (TPSA) is 108 Å². The van der Waals surface area contributed by atoms with Crippen molar-refractivity contribution in [2.75, 3.05) is 17.7 Å². The van der Waals surface area contributed by atoms with Crippen LogP contribution in [0.25, 0.3) is 10.7 Å². The molecule has 3 aromatic rings. The summed E-state index contributed by atoms with van der Waals surface area (Å²) < 4.78 is 7.66. The third-order valence-corrected chi connectivity index (χ3v) is 4.95. The minimum absolute atomic E-state index is 0.0751. The number of carbonyl (C=O) groups is 1. The van der Waals surface area contributed by atoms with E-state index >= 15 is 0 Å². The van der Waals surface area contributed by atoms with Gasteiger partial charge in [-0.05, 0) is 37.5 Å². The molecule has 1 amide bonds. The van der Waals surface area contributed by atoms with E-state index in [0.29, 0.717) is 17.2 Å². The number of nitrogen functional groups attached to an aromatic ring is 1. The van der Waals surface area contributed by atoms with Gasteiger partial charge in [-0.2, -0.15) is 5.10 Å². The molecule has 4 heterocycles. The van der Waals surface area contributed by atoms with E-state index in [4.69, 9.17) is 10.5 Å². The van der Waals surface area contributed by atoms with Crippen LogP contribution >= 0.6 is 11.3 Å². The van der Waals surface area contributed by atoms with E-state index in [0.717, 1.165) is 36.6 Å². The number of anilines is 2. The summed E-state index contributed by atoms with van der Waals surface area (Å²) in [6.45, 7) is 0.740. The number of thiazole rings is 1. The van der Waals surface area contributed by atoms with E-state index < -0.39 is 0 Å². The summed E-state index contributed by atoms with van der Waals surface area (Å²) in [6, 6.07) is 5.22. The van der Waals surface area contributed by atoms with Gasteiger partial charge in [0.1, 0.15) is 16.5 Å². The second kappa shape index (κ2) is 7.22. The van der Waals surface area contributed by atoms with Crippen LogP contribution in [0.3, 0.4) is 0 Å². The highest BCUT2D eigenvalue weighted by Gasteiger charge is 2.21. The molecular formula is C17H18N6O2S. The van der Waals surface area contributed by atoms with Crippen molar-refractivity contribution in [1.82, 2.24) is 19.7 Å².